The van der Waals surface area contributed by atoms with Crippen molar-refractivity contribution in [3.8, 4) is 11.8 Å². The second kappa shape index (κ2) is 9.01. The van der Waals surface area contributed by atoms with Crippen molar-refractivity contribution in [3.63, 3.8) is 0 Å². The van der Waals surface area contributed by atoms with Crippen molar-refractivity contribution in [1.29, 1.82) is 5.26 Å². The average molecular weight is 437 g/mol. The van der Waals surface area contributed by atoms with Crippen molar-refractivity contribution < 1.29 is 14.3 Å². The lowest BCUT2D eigenvalue weighted by atomic mass is 10.0. The Labute approximate surface area is 192 Å². The first-order chi connectivity index (χ1) is 15.9. The summed E-state index contributed by atoms with van der Waals surface area (Å²) in [6, 6.07) is 21.4. The van der Waals surface area contributed by atoms with E-state index < -0.39 is 11.8 Å². The van der Waals surface area contributed by atoms with Crippen LogP contribution in [0.1, 0.15) is 29.2 Å². The molecule has 6 heteroatoms. The maximum atomic E-state index is 13.5. The quantitative estimate of drug-likeness (QED) is 0.551. The number of nitrogens with zero attached hydrogens (tertiary/aromatic N) is 2. The van der Waals surface area contributed by atoms with Gasteiger partial charge in [0.2, 0.25) is 0 Å². The first kappa shape index (κ1) is 21.8. The van der Waals surface area contributed by atoms with Crippen molar-refractivity contribution in [2.75, 3.05) is 16.8 Å². The van der Waals surface area contributed by atoms with E-state index in [4.69, 9.17) is 10.00 Å². The molecule has 1 heterocycles. The molecule has 0 spiro atoms. The van der Waals surface area contributed by atoms with Crippen LogP contribution < -0.4 is 15.0 Å². The van der Waals surface area contributed by atoms with E-state index in [9.17, 15) is 9.59 Å². The Morgan fingerprint density at radius 3 is 2.27 bits per heavy atom. The lowest BCUT2D eigenvalue weighted by Gasteiger charge is -2.16. The SMILES string of the molecule is CCOc1ccc(C2=C(Nc3cc(C)ccc3C)C(=O)N(c3ccc(C#N)cc3)C2=O)cc1. The molecule has 0 aromatic heterocycles. The van der Waals surface area contributed by atoms with Gasteiger partial charge in [-0.3, -0.25) is 9.59 Å². The highest BCUT2D eigenvalue weighted by Gasteiger charge is 2.40. The molecule has 0 bridgehead atoms. The van der Waals surface area contributed by atoms with Crippen LogP contribution in [0.25, 0.3) is 5.57 Å². The van der Waals surface area contributed by atoms with Crippen molar-refractivity contribution in [2.24, 2.45) is 0 Å². The number of nitriles is 1. The molecule has 0 radical (unpaired) electrons. The van der Waals surface area contributed by atoms with Gasteiger partial charge in [0.25, 0.3) is 11.8 Å². The number of rotatable bonds is 6. The van der Waals surface area contributed by atoms with Gasteiger partial charge in [0, 0.05) is 5.69 Å². The van der Waals surface area contributed by atoms with Crippen molar-refractivity contribution >= 4 is 28.8 Å². The summed E-state index contributed by atoms with van der Waals surface area (Å²) in [6.07, 6.45) is 0. The van der Waals surface area contributed by atoms with Gasteiger partial charge in [-0.15, -0.1) is 0 Å². The summed E-state index contributed by atoms with van der Waals surface area (Å²) in [6.45, 7) is 6.35. The number of aryl methyl sites for hydroxylation is 2. The standard InChI is InChI=1S/C27H23N3O3/c1-4-33-22-13-9-20(10-14-22)24-25(29-23-15-17(2)5-6-18(23)3)27(32)30(26(24)31)21-11-7-19(16-28)8-12-21/h5-15,29H,4H2,1-3H3. The molecule has 0 unspecified atom stereocenters. The summed E-state index contributed by atoms with van der Waals surface area (Å²) in [5, 5.41) is 12.3. The highest BCUT2D eigenvalue weighted by atomic mass is 16.5. The van der Waals surface area contributed by atoms with Crippen LogP contribution in [0.15, 0.2) is 72.4 Å². The lowest BCUT2D eigenvalue weighted by Crippen LogP contribution is -2.32. The zero-order valence-corrected chi connectivity index (χ0v) is 18.7. The normalized spacial score (nSPS) is 13.3. The minimum absolute atomic E-state index is 0.210. The van der Waals surface area contributed by atoms with Gasteiger partial charge < -0.3 is 10.1 Å². The predicted octanol–water partition coefficient (Wildman–Crippen LogP) is 4.97. The fraction of sp³-hybridized carbons (Fsp3) is 0.148. The Morgan fingerprint density at radius 1 is 0.939 bits per heavy atom. The Hall–Kier alpha value is -4.37. The molecule has 4 rings (SSSR count). The molecular formula is C27H23N3O3. The minimum Gasteiger partial charge on any atom is -0.494 e. The molecule has 33 heavy (non-hydrogen) atoms. The van der Waals surface area contributed by atoms with Gasteiger partial charge in [0.15, 0.2) is 0 Å². The molecule has 3 aromatic carbocycles. The summed E-state index contributed by atoms with van der Waals surface area (Å²) in [5.74, 6) is -0.192. The summed E-state index contributed by atoms with van der Waals surface area (Å²) in [7, 11) is 0. The highest BCUT2D eigenvalue weighted by molar-refractivity contribution is 6.46. The Morgan fingerprint density at radius 2 is 1.64 bits per heavy atom. The number of anilines is 2. The summed E-state index contributed by atoms with van der Waals surface area (Å²) in [4.78, 5) is 28.2. The molecule has 3 aromatic rings. The van der Waals surface area contributed by atoms with Gasteiger partial charge in [-0.05, 0) is 79.9 Å². The van der Waals surface area contributed by atoms with E-state index in [1.165, 1.54) is 0 Å². The maximum absolute atomic E-state index is 13.5. The van der Waals surface area contributed by atoms with Gasteiger partial charge in [0.1, 0.15) is 11.4 Å². The van der Waals surface area contributed by atoms with Crippen LogP contribution in [-0.4, -0.2) is 18.4 Å². The maximum Gasteiger partial charge on any atom is 0.282 e. The van der Waals surface area contributed by atoms with E-state index in [0.717, 1.165) is 21.7 Å². The third-order valence-corrected chi connectivity index (χ3v) is 5.45. The van der Waals surface area contributed by atoms with Crippen molar-refractivity contribution in [1.82, 2.24) is 0 Å². The van der Waals surface area contributed by atoms with Crippen LogP contribution in [-0.2, 0) is 9.59 Å². The third-order valence-electron chi connectivity index (χ3n) is 5.45. The average Bonchev–Trinajstić information content (AvgIpc) is 3.06. The van der Waals surface area contributed by atoms with Crippen molar-refractivity contribution in [2.45, 2.75) is 20.8 Å². The Balaban J connectivity index is 1.81. The summed E-state index contributed by atoms with van der Waals surface area (Å²) < 4.78 is 5.51. The number of ether oxygens (including phenoxy) is 1. The van der Waals surface area contributed by atoms with E-state index in [2.05, 4.69) is 5.32 Å². The molecule has 1 aliphatic heterocycles. The van der Waals surface area contributed by atoms with Crippen LogP contribution in [0, 0.1) is 25.2 Å². The molecule has 2 amide bonds. The zero-order chi connectivity index (χ0) is 23.5. The number of hydrogen-bond donors (Lipinski definition) is 1. The molecule has 0 aliphatic carbocycles. The topological polar surface area (TPSA) is 82.4 Å². The smallest absolute Gasteiger partial charge is 0.282 e. The van der Waals surface area contributed by atoms with Gasteiger partial charge in [0.05, 0.1) is 29.5 Å². The molecular weight excluding hydrogens is 414 g/mol. The van der Waals surface area contributed by atoms with Crippen LogP contribution >= 0.6 is 0 Å². The molecule has 0 fully saturated rings. The molecule has 0 atom stereocenters. The number of benzene rings is 3. The van der Waals surface area contributed by atoms with E-state index in [1.807, 2.05) is 45.0 Å². The number of carbonyl (C=O) groups is 2. The fourth-order valence-corrected chi connectivity index (χ4v) is 3.72. The van der Waals surface area contributed by atoms with Crippen LogP contribution in [0.2, 0.25) is 0 Å². The molecule has 164 valence electrons. The van der Waals surface area contributed by atoms with Gasteiger partial charge in [-0.25, -0.2) is 4.90 Å². The molecule has 0 saturated carbocycles. The van der Waals surface area contributed by atoms with Gasteiger partial charge in [-0.1, -0.05) is 24.3 Å². The number of amides is 2. The van der Waals surface area contributed by atoms with Crippen LogP contribution in [0.4, 0.5) is 11.4 Å². The largest absolute Gasteiger partial charge is 0.494 e. The Kier molecular flexibility index (Phi) is 5.97. The lowest BCUT2D eigenvalue weighted by molar-refractivity contribution is -0.120. The van der Waals surface area contributed by atoms with Gasteiger partial charge >= 0.3 is 0 Å². The zero-order valence-electron chi connectivity index (χ0n) is 18.7. The second-order valence-corrected chi connectivity index (χ2v) is 7.76. The predicted molar refractivity (Wildman–Crippen MR) is 128 cm³/mol. The summed E-state index contributed by atoms with van der Waals surface area (Å²) >= 11 is 0. The van der Waals surface area contributed by atoms with E-state index in [-0.39, 0.29) is 11.3 Å². The Bertz CT molecular complexity index is 1300. The molecule has 1 aliphatic rings. The minimum atomic E-state index is -0.450. The number of nitrogens with one attached hydrogen (secondary N) is 1. The molecule has 1 N–H and O–H groups in total. The first-order valence-electron chi connectivity index (χ1n) is 10.6. The molecule has 6 nitrogen and oxygen atoms in total. The van der Waals surface area contributed by atoms with E-state index >= 15 is 0 Å². The fourth-order valence-electron chi connectivity index (χ4n) is 3.72. The second-order valence-electron chi connectivity index (χ2n) is 7.76. The first-order valence-corrected chi connectivity index (χ1v) is 10.6. The van der Waals surface area contributed by atoms with Crippen molar-refractivity contribution in [3.05, 3.63) is 94.7 Å². The number of carbonyl (C=O) groups excluding carboxylic acids is 2. The molecule has 0 saturated heterocycles. The van der Waals surface area contributed by atoms with Gasteiger partial charge in [-0.2, -0.15) is 5.26 Å². The van der Waals surface area contributed by atoms with Crippen LogP contribution in [0.5, 0.6) is 5.75 Å². The van der Waals surface area contributed by atoms with Crippen LogP contribution in [0.3, 0.4) is 0 Å². The monoisotopic (exact) mass is 437 g/mol. The number of hydrogen-bond acceptors (Lipinski definition) is 5. The summed E-state index contributed by atoms with van der Waals surface area (Å²) in [5.41, 5.74) is 4.72. The highest BCUT2D eigenvalue weighted by Crippen LogP contribution is 2.35. The third kappa shape index (κ3) is 4.21. The number of imide groups is 1. The van der Waals surface area contributed by atoms with E-state index in [1.54, 1.807) is 48.5 Å². The van der Waals surface area contributed by atoms with E-state index in [0.29, 0.717) is 29.2 Å².